The van der Waals surface area contributed by atoms with E-state index in [1.807, 2.05) is 52.7 Å². The van der Waals surface area contributed by atoms with E-state index in [-0.39, 0.29) is 11.9 Å². The van der Waals surface area contributed by atoms with Crippen molar-refractivity contribution in [2.24, 2.45) is 0 Å². The van der Waals surface area contributed by atoms with Gasteiger partial charge in [0.1, 0.15) is 29.7 Å². The van der Waals surface area contributed by atoms with Crippen LogP contribution in [-0.4, -0.2) is 42.7 Å². The fraction of sp³-hybridized carbons (Fsp3) is 0.304. The van der Waals surface area contributed by atoms with Gasteiger partial charge in [0.15, 0.2) is 11.5 Å². The van der Waals surface area contributed by atoms with E-state index in [2.05, 4.69) is 4.98 Å². The van der Waals surface area contributed by atoms with Gasteiger partial charge in [-0.25, -0.2) is 4.98 Å². The van der Waals surface area contributed by atoms with E-state index in [1.165, 1.54) is 11.3 Å². The van der Waals surface area contributed by atoms with Crippen molar-refractivity contribution in [1.82, 2.24) is 9.88 Å². The highest BCUT2D eigenvalue weighted by Gasteiger charge is 2.32. The molecule has 0 spiro atoms. The third-order valence-electron chi connectivity index (χ3n) is 5.52. The van der Waals surface area contributed by atoms with Gasteiger partial charge in [-0.15, -0.1) is 11.3 Å². The zero-order chi connectivity index (χ0) is 20.5. The maximum Gasteiger partial charge on any atom is 0.273 e. The predicted octanol–water partition coefficient (Wildman–Crippen LogP) is 4.57. The molecule has 7 heteroatoms. The second-order valence-corrected chi connectivity index (χ2v) is 8.18. The number of hydrogen-bond donors (Lipinski definition) is 0. The van der Waals surface area contributed by atoms with Crippen molar-refractivity contribution in [2.75, 3.05) is 26.9 Å². The summed E-state index contributed by atoms with van der Waals surface area (Å²) in [6.45, 7) is 1.85. The van der Waals surface area contributed by atoms with Crippen LogP contribution in [0.1, 0.15) is 34.9 Å². The molecule has 6 nitrogen and oxygen atoms in total. The summed E-state index contributed by atoms with van der Waals surface area (Å²) in [5.41, 5.74) is 2.55. The van der Waals surface area contributed by atoms with Crippen LogP contribution in [0, 0.1) is 0 Å². The van der Waals surface area contributed by atoms with E-state index in [1.54, 1.807) is 7.11 Å². The Morgan fingerprint density at radius 2 is 1.93 bits per heavy atom. The second kappa shape index (κ2) is 7.99. The Balaban J connectivity index is 1.37. The van der Waals surface area contributed by atoms with Crippen molar-refractivity contribution in [1.29, 1.82) is 0 Å². The maximum atomic E-state index is 13.3. The van der Waals surface area contributed by atoms with Crippen LogP contribution in [0.15, 0.2) is 47.8 Å². The number of likely N-dealkylation sites (tertiary alicyclic amines) is 1. The van der Waals surface area contributed by atoms with Crippen molar-refractivity contribution < 1.29 is 19.0 Å². The molecule has 154 valence electrons. The van der Waals surface area contributed by atoms with Crippen LogP contribution in [0.2, 0.25) is 0 Å². The van der Waals surface area contributed by atoms with Gasteiger partial charge >= 0.3 is 0 Å². The zero-order valence-corrected chi connectivity index (χ0v) is 17.5. The average Bonchev–Trinajstić information content (AvgIpc) is 3.49. The lowest BCUT2D eigenvalue weighted by Crippen LogP contribution is -2.30. The second-order valence-electron chi connectivity index (χ2n) is 7.33. The molecule has 1 atom stereocenters. The first-order valence-electron chi connectivity index (χ1n) is 10.0. The Morgan fingerprint density at radius 1 is 1.13 bits per heavy atom. The number of hydrogen-bond acceptors (Lipinski definition) is 6. The minimum Gasteiger partial charge on any atom is -0.497 e. The van der Waals surface area contributed by atoms with E-state index in [0.29, 0.717) is 18.9 Å². The smallest absolute Gasteiger partial charge is 0.273 e. The number of nitrogens with zero attached hydrogens (tertiary/aromatic N) is 2. The molecule has 5 rings (SSSR count). The van der Waals surface area contributed by atoms with Crippen LogP contribution in [-0.2, 0) is 0 Å². The molecular formula is C23H22N2O4S. The molecule has 3 aromatic rings. The van der Waals surface area contributed by atoms with Crippen molar-refractivity contribution in [3.63, 3.8) is 0 Å². The molecule has 1 aromatic heterocycles. The standard InChI is InChI=1S/C23H22N2O4S/c1-27-17-7-4-15(5-8-17)22-24-18(14-30-22)23(26)25-10-2-3-19(25)16-6-9-20-21(13-16)29-12-11-28-20/h4-9,13-14,19H,2-3,10-12H2,1H3/t19-/m1/s1. The molecule has 2 aliphatic rings. The van der Waals surface area contributed by atoms with Gasteiger partial charge in [0, 0.05) is 17.5 Å². The van der Waals surface area contributed by atoms with Crippen molar-refractivity contribution in [3.8, 4) is 27.8 Å². The first-order chi connectivity index (χ1) is 14.7. The van der Waals surface area contributed by atoms with E-state index in [4.69, 9.17) is 14.2 Å². The molecule has 3 heterocycles. The largest absolute Gasteiger partial charge is 0.497 e. The third kappa shape index (κ3) is 3.50. The number of ether oxygens (including phenoxy) is 3. The fourth-order valence-electron chi connectivity index (χ4n) is 4.01. The molecule has 1 saturated heterocycles. The molecule has 1 fully saturated rings. The number of methoxy groups -OCH3 is 1. The maximum absolute atomic E-state index is 13.3. The minimum atomic E-state index is -0.0246. The van der Waals surface area contributed by atoms with Gasteiger partial charge in [-0.05, 0) is 54.8 Å². The summed E-state index contributed by atoms with van der Waals surface area (Å²) in [4.78, 5) is 19.8. The quantitative estimate of drug-likeness (QED) is 0.617. The monoisotopic (exact) mass is 422 g/mol. The molecule has 0 saturated carbocycles. The average molecular weight is 423 g/mol. The SMILES string of the molecule is COc1ccc(-c2nc(C(=O)N3CCC[C@@H]3c3ccc4c(c3)OCCO4)cs2)cc1. The molecule has 0 radical (unpaired) electrons. The van der Waals surface area contributed by atoms with Crippen LogP contribution in [0.4, 0.5) is 0 Å². The minimum absolute atomic E-state index is 0.0246. The van der Waals surface area contributed by atoms with E-state index in [0.717, 1.165) is 52.8 Å². The first-order valence-corrected chi connectivity index (χ1v) is 10.9. The van der Waals surface area contributed by atoms with Crippen molar-refractivity contribution in [2.45, 2.75) is 18.9 Å². The van der Waals surface area contributed by atoms with Crippen molar-refractivity contribution >= 4 is 17.2 Å². The fourth-order valence-corrected chi connectivity index (χ4v) is 4.81. The van der Waals surface area contributed by atoms with Crippen LogP contribution in [0.5, 0.6) is 17.2 Å². The summed E-state index contributed by atoms with van der Waals surface area (Å²) in [6.07, 6.45) is 1.90. The number of amides is 1. The number of aromatic nitrogens is 1. The van der Waals surface area contributed by atoms with Gasteiger partial charge in [0.25, 0.3) is 5.91 Å². The van der Waals surface area contributed by atoms with E-state index < -0.39 is 0 Å². The van der Waals surface area contributed by atoms with Crippen molar-refractivity contribution in [3.05, 3.63) is 59.1 Å². The Labute approximate surface area is 179 Å². The Morgan fingerprint density at radius 3 is 2.73 bits per heavy atom. The van der Waals surface area contributed by atoms with Gasteiger partial charge in [0.05, 0.1) is 13.2 Å². The summed E-state index contributed by atoms with van der Waals surface area (Å²) in [6, 6.07) is 13.7. The lowest BCUT2D eigenvalue weighted by molar-refractivity contribution is 0.0730. The zero-order valence-electron chi connectivity index (χ0n) is 16.7. The Bertz CT molecular complexity index is 1060. The van der Waals surface area contributed by atoms with Gasteiger partial charge in [-0.1, -0.05) is 6.07 Å². The lowest BCUT2D eigenvalue weighted by atomic mass is 10.0. The molecule has 1 amide bonds. The summed E-state index contributed by atoms with van der Waals surface area (Å²) < 4.78 is 16.6. The number of carbonyl (C=O) groups excluding carboxylic acids is 1. The summed E-state index contributed by atoms with van der Waals surface area (Å²) in [5.74, 6) is 2.30. The molecule has 2 aliphatic heterocycles. The van der Waals surface area contributed by atoms with Gasteiger partial charge in [-0.2, -0.15) is 0 Å². The molecular weight excluding hydrogens is 400 g/mol. The number of rotatable bonds is 4. The van der Waals surface area contributed by atoms with E-state index >= 15 is 0 Å². The highest BCUT2D eigenvalue weighted by atomic mass is 32.1. The Kier molecular flexibility index (Phi) is 5.04. The first kappa shape index (κ1) is 18.9. The van der Waals surface area contributed by atoms with Gasteiger partial charge in [0.2, 0.25) is 0 Å². The normalized spacial score (nSPS) is 17.8. The molecule has 30 heavy (non-hydrogen) atoms. The molecule has 0 aliphatic carbocycles. The molecule has 0 bridgehead atoms. The van der Waals surface area contributed by atoms with Crippen LogP contribution in [0.25, 0.3) is 10.6 Å². The molecule has 0 unspecified atom stereocenters. The van der Waals surface area contributed by atoms with Gasteiger partial charge < -0.3 is 19.1 Å². The topological polar surface area (TPSA) is 60.9 Å². The highest BCUT2D eigenvalue weighted by molar-refractivity contribution is 7.13. The summed E-state index contributed by atoms with van der Waals surface area (Å²) in [7, 11) is 1.64. The molecule has 2 aromatic carbocycles. The van der Waals surface area contributed by atoms with Gasteiger partial charge in [-0.3, -0.25) is 4.79 Å². The van der Waals surface area contributed by atoms with Crippen LogP contribution < -0.4 is 14.2 Å². The highest BCUT2D eigenvalue weighted by Crippen LogP contribution is 2.39. The third-order valence-corrected chi connectivity index (χ3v) is 6.42. The number of carbonyl (C=O) groups is 1. The number of thiazole rings is 1. The number of fused-ring (bicyclic) bond motifs is 1. The predicted molar refractivity (Wildman–Crippen MR) is 115 cm³/mol. The number of benzene rings is 2. The summed E-state index contributed by atoms with van der Waals surface area (Å²) in [5, 5.41) is 2.68. The van der Waals surface area contributed by atoms with Crippen LogP contribution in [0.3, 0.4) is 0 Å². The Hall–Kier alpha value is -3.06. The molecule has 0 N–H and O–H groups in total. The van der Waals surface area contributed by atoms with Crippen LogP contribution >= 0.6 is 11.3 Å². The lowest BCUT2D eigenvalue weighted by Gasteiger charge is -2.26. The summed E-state index contributed by atoms with van der Waals surface area (Å²) >= 11 is 1.48. The van der Waals surface area contributed by atoms with E-state index in [9.17, 15) is 4.79 Å².